The number of nitrogens with one attached hydrogen (secondary N) is 1. The number of hydrogen-bond acceptors (Lipinski definition) is 3. The van der Waals surface area contributed by atoms with Crippen molar-refractivity contribution in [2.45, 2.75) is 32.9 Å². The first-order valence-corrected chi connectivity index (χ1v) is 6.62. The molecule has 92 valence electrons. The Kier molecular flexibility index (Phi) is 3.47. The van der Waals surface area contributed by atoms with E-state index in [1.54, 1.807) is 23.2 Å². The molecule has 17 heavy (non-hydrogen) atoms. The first kappa shape index (κ1) is 12.1. The van der Waals surface area contributed by atoms with Gasteiger partial charge in [0.05, 0.1) is 0 Å². The molecule has 1 aliphatic heterocycles. The average molecular weight is 252 g/mol. The molecule has 0 spiro atoms. The smallest absolute Gasteiger partial charge is 0.245 e. The quantitative estimate of drug-likeness (QED) is 0.862. The molecule has 0 aliphatic carbocycles. The lowest BCUT2D eigenvalue weighted by Crippen LogP contribution is -2.42. The van der Waals surface area contributed by atoms with Crippen LogP contribution in [0.3, 0.4) is 0 Å². The van der Waals surface area contributed by atoms with Crippen molar-refractivity contribution in [3.63, 3.8) is 0 Å². The highest BCUT2D eigenvalue weighted by Crippen LogP contribution is 2.17. The highest BCUT2D eigenvalue weighted by atomic mass is 32.1. The van der Waals surface area contributed by atoms with Gasteiger partial charge in [0.2, 0.25) is 11.8 Å². The summed E-state index contributed by atoms with van der Waals surface area (Å²) in [7, 11) is 0. The van der Waals surface area contributed by atoms with Crippen molar-refractivity contribution in [2.75, 3.05) is 6.54 Å². The molecule has 0 radical (unpaired) electrons. The van der Waals surface area contributed by atoms with Crippen LogP contribution in [0.25, 0.3) is 0 Å². The van der Waals surface area contributed by atoms with Gasteiger partial charge in [-0.3, -0.25) is 9.59 Å². The maximum atomic E-state index is 12.0. The number of hydrogen-bond donors (Lipinski definition) is 1. The monoisotopic (exact) mass is 252 g/mol. The highest BCUT2D eigenvalue weighted by Gasteiger charge is 2.26. The topological polar surface area (TPSA) is 49.4 Å². The van der Waals surface area contributed by atoms with Crippen LogP contribution in [-0.2, 0) is 16.1 Å². The molecular weight excluding hydrogens is 236 g/mol. The van der Waals surface area contributed by atoms with Crippen molar-refractivity contribution in [1.29, 1.82) is 0 Å². The largest absolute Gasteiger partial charge is 0.345 e. The summed E-state index contributed by atoms with van der Waals surface area (Å²) in [6.45, 7) is 4.89. The molecule has 1 aliphatic rings. The zero-order valence-electron chi connectivity index (χ0n) is 10.0. The Bertz CT molecular complexity index is 441. The van der Waals surface area contributed by atoms with E-state index < -0.39 is 6.04 Å². The Hall–Kier alpha value is -1.36. The maximum absolute atomic E-state index is 12.0. The SMILES string of the molecule is Cc1cscc1CN1CCC(=O)NC(C)C1=O. The molecule has 1 fully saturated rings. The van der Waals surface area contributed by atoms with E-state index in [1.165, 1.54) is 11.1 Å². The van der Waals surface area contributed by atoms with Crippen LogP contribution < -0.4 is 5.32 Å². The third-order valence-electron chi connectivity index (χ3n) is 2.99. The summed E-state index contributed by atoms with van der Waals surface area (Å²) in [5.41, 5.74) is 2.38. The van der Waals surface area contributed by atoms with Crippen LogP contribution >= 0.6 is 11.3 Å². The lowest BCUT2D eigenvalue weighted by Gasteiger charge is -2.22. The Balaban J connectivity index is 2.12. The highest BCUT2D eigenvalue weighted by molar-refractivity contribution is 7.08. The van der Waals surface area contributed by atoms with Gasteiger partial charge in [0.25, 0.3) is 0 Å². The fourth-order valence-electron chi connectivity index (χ4n) is 1.91. The zero-order valence-corrected chi connectivity index (χ0v) is 10.8. The number of aryl methyl sites for hydroxylation is 1. The summed E-state index contributed by atoms with van der Waals surface area (Å²) < 4.78 is 0. The predicted octanol–water partition coefficient (Wildman–Crippen LogP) is 1.29. The van der Waals surface area contributed by atoms with E-state index in [4.69, 9.17) is 0 Å². The molecule has 1 aromatic heterocycles. The van der Waals surface area contributed by atoms with Gasteiger partial charge in [-0.2, -0.15) is 11.3 Å². The van der Waals surface area contributed by atoms with Crippen molar-refractivity contribution in [3.8, 4) is 0 Å². The van der Waals surface area contributed by atoms with Crippen molar-refractivity contribution < 1.29 is 9.59 Å². The van der Waals surface area contributed by atoms with Crippen LogP contribution in [0.5, 0.6) is 0 Å². The Morgan fingerprint density at radius 1 is 1.47 bits per heavy atom. The van der Waals surface area contributed by atoms with E-state index in [2.05, 4.69) is 16.1 Å². The molecule has 0 bridgehead atoms. The van der Waals surface area contributed by atoms with Crippen LogP contribution in [0.15, 0.2) is 10.8 Å². The van der Waals surface area contributed by atoms with E-state index in [-0.39, 0.29) is 11.8 Å². The fraction of sp³-hybridized carbons (Fsp3) is 0.500. The van der Waals surface area contributed by atoms with Gasteiger partial charge < -0.3 is 10.2 Å². The summed E-state index contributed by atoms with van der Waals surface area (Å²) in [6, 6.07) is -0.413. The van der Waals surface area contributed by atoms with Gasteiger partial charge in [0.1, 0.15) is 6.04 Å². The molecule has 4 nitrogen and oxygen atoms in total. The zero-order chi connectivity index (χ0) is 12.4. The molecule has 1 saturated heterocycles. The van der Waals surface area contributed by atoms with Crippen molar-refractivity contribution in [1.82, 2.24) is 10.2 Å². The standard InChI is InChI=1S/C12H16N2O2S/c1-8-6-17-7-10(8)5-14-4-3-11(15)13-9(2)12(14)16/h6-7,9H,3-5H2,1-2H3,(H,13,15). The van der Waals surface area contributed by atoms with Crippen LogP contribution in [0.2, 0.25) is 0 Å². The molecule has 0 saturated carbocycles. The molecule has 1 atom stereocenters. The summed E-state index contributed by atoms with van der Waals surface area (Å²) in [4.78, 5) is 25.2. The van der Waals surface area contributed by atoms with Crippen LogP contribution in [0, 0.1) is 6.92 Å². The molecule has 2 rings (SSSR count). The third-order valence-corrected chi connectivity index (χ3v) is 3.90. The number of nitrogens with zero attached hydrogens (tertiary/aromatic N) is 1. The second-order valence-corrected chi connectivity index (χ2v) is 5.12. The molecule has 1 unspecified atom stereocenters. The number of amides is 2. The van der Waals surface area contributed by atoms with E-state index in [9.17, 15) is 9.59 Å². The van der Waals surface area contributed by atoms with Crippen LogP contribution in [0.4, 0.5) is 0 Å². The number of carbonyl (C=O) groups excluding carboxylic acids is 2. The summed E-state index contributed by atoms with van der Waals surface area (Å²) >= 11 is 1.64. The van der Waals surface area contributed by atoms with Crippen LogP contribution in [0.1, 0.15) is 24.5 Å². The Morgan fingerprint density at radius 2 is 2.24 bits per heavy atom. The van der Waals surface area contributed by atoms with Gasteiger partial charge in [-0.05, 0) is 35.7 Å². The minimum absolute atomic E-state index is 0.00134. The molecule has 1 aromatic rings. The second kappa shape index (κ2) is 4.87. The summed E-state index contributed by atoms with van der Waals surface area (Å²) in [5, 5.41) is 6.82. The van der Waals surface area contributed by atoms with Gasteiger partial charge in [-0.25, -0.2) is 0 Å². The van der Waals surface area contributed by atoms with Crippen molar-refractivity contribution in [3.05, 3.63) is 21.9 Å². The fourth-order valence-corrected chi connectivity index (χ4v) is 2.76. The summed E-state index contributed by atoms with van der Waals surface area (Å²) in [6.07, 6.45) is 0.388. The van der Waals surface area contributed by atoms with E-state index in [0.29, 0.717) is 19.5 Å². The van der Waals surface area contributed by atoms with Gasteiger partial charge in [0, 0.05) is 19.5 Å². The molecule has 2 heterocycles. The second-order valence-electron chi connectivity index (χ2n) is 4.38. The lowest BCUT2D eigenvalue weighted by molar-refractivity contribution is -0.133. The third kappa shape index (κ3) is 2.66. The lowest BCUT2D eigenvalue weighted by atomic mass is 10.2. The number of carbonyl (C=O) groups is 2. The maximum Gasteiger partial charge on any atom is 0.245 e. The van der Waals surface area contributed by atoms with Gasteiger partial charge in [0.15, 0.2) is 0 Å². The van der Waals surface area contributed by atoms with Gasteiger partial charge >= 0.3 is 0 Å². The van der Waals surface area contributed by atoms with Crippen LogP contribution in [-0.4, -0.2) is 29.3 Å². The van der Waals surface area contributed by atoms with Crippen molar-refractivity contribution >= 4 is 23.2 Å². The first-order valence-electron chi connectivity index (χ1n) is 5.67. The Morgan fingerprint density at radius 3 is 2.88 bits per heavy atom. The first-order chi connectivity index (χ1) is 8.08. The minimum Gasteiger partial charge on any atom is -0.345 e. The predicted molar refractivity (Wildman–Crippen MR) is 66.7 cm³/mol. The molecular formula is C12H16N2O2S. The normalized spacial score (nSPS) is 21.3. The van der Waals surface area contributed by atoms with Crippen molar-refractivity contribution in [2.24, 2.45) is 0 Å². The Labute approximate surface area is 105 Å². The number of rotatable bonds is 2. The summed E-state index contributed by atoms with van der Waals surface area (Å²) in [5.74, 6) is -0.0446. The van der Waals surface area contributed by atoms with E-state index in [0.717, 1.165) is 0 Å². The van der Waals surface area contributed by atoms with E-state index >= 15 is 0 Å². The molecule has 0 aromatic carbocycles. The molecule has 5 heteroatoms. The number of thiophene rings is 1. The van der Waals surface area contributed by atoms with E-state index in [1.807, 2.05) is 6.92 Å². The molecule has 2 amide bonds. The molecule has 1 N–H and O–H groups in total. The van der Waals surface area contributed by atoms with Gasteiger partial charge in [-0.15, -0.1) is 0 Å². The van der Waals surface area contributed by atoms with Gasteiger partial charge in [-0.1, -0.05) is 0 Å². The minimum atomic E-state index is -0.413. The average Bonchev–Trinajstić information content (AvgIpc) is 2.63.